The van der Waals surface area contributed by atoms with Crippen LogP contribution in [0, 0.1) is 5.92 Å². The molecule has 1 N–H and O–H groups in total. The van der Waals surface area contributed by atoms with Gasteiger partial charge in [0.25, 0.3) is 0 Å². The molecule has 2 nitrogen and oxygen atoms in total. The number of hydrogen-bond donors (Lipinski definition) is 1. The van der Waals surface area contributed by atoms with E-state index in [2.05, 4.69) is 18.3 Å². The Balaban J connectivity index is 1.70. The van der Waals surface area contributed by atoms with Gasteiger partial charge in [-0.25, -0.2) is 0 Å². The second kappa shape index (κ2) is 5.30. The Hall–Kier alpha value is -0.0900. The Morgan fingerprint density at radius 1 is 1.60 bits per heavy atom. The minimum Gasteiger partial charge on any atom is -0.378 e. The molecule has 1 aliphatic rings. The van der Waals surface area contributed by atoms with Crippen molar-refractivity contribution in [1.82, 2.24) is 5.32 Å². The molecule has 1 fully saturated rings. The van der Waals surface area contributed by atoms with Crippen LogP contribution in [0.2, 0.25) is 4.34 Å². The van der Waals surface area contributed by atoms with Gasteiger partial charge in [0.1, 0.15) is 0 Å². The summed E-state index contributed by atoms with van der Waals surface area (Å²) in [5, 5.41) is 3.46. The van der Waals surface area contributed by atoms with E-state index in [-0.39, 0.29) is 0 Å². The van der Waals surface area contributed by atoms with E-state index in [1.54, 1.807) is 11.3 Å². The quantitative estimate of drug-likeness (QED) is 0.881. The number of rotatable bonds is 4. The molecular formula is C11H16ClNOS. The van der Waals surface area contributed by atoms with E-state index in [0.717, 1.165) is 24.0 Å². The van der Waals surface area contributed by atoms with E-state index >= 15 is 0 Å². The van der Waals surface area contributed by atoms with Crippen LogP contribution >= 0.6 is 22.9 Å². The molecule has 0 aliphatic carbocycles. The van der Waals surface area contributed by atoms with Gasteiger partial charge in [0.05, 0.1) is 10.4 Å². The lowest BCUT2D eigenvalue weighted by Gasteiger charge is -2.14. The first-order valence-corrected chi connectivity index (χ1v) is 6.51. The fraction of sp³-hybridized carbons (Fsp3) is 0.636. The van der Waals surface area contributed by atoms with Crippen LogP contribution in [0.1, 0.15) is 18.2 Å². The van der Waals surface area contributed by atoms with Crippen LogP contribution in [-0.4, -0.2) is 19.3 Å². The molecule has 0 radical (unpaired) electrons. The highest BCUT2D eigenvalue weighted by molar-refractivity contribution is 7.16. The molecule has 0 spiro atoms. The summed E-state index contributed by atoms with van der Waals surface area (Å²) in [6.45, 7) is 5.02. The second-order valence-electron chi connectivity index (χ2n) is 3.96. The Kier molecular flexibility index (Phi) is 4.03. The first kappa shape index (κ1) is 11.4. The maximum atomic E-state index is 5.86. The molecule has 1 aromatic rings. The zero-order valence-electron chi connectivity index (χ0n) is 8.83. The van der Waals surface area contributed by atoms with Gasteiger partial charge in [-0.2, -0.15) is 0 Å². The summed E-state index contributed by atoms with van der Waals surface area (Å²) >= 11 is 7.50. The number of thiophene rings is 1. The van der Waals surface area contributed by atoms with Gasteiger partial charge in [-0.3, -0.25) is 0 Å². The number of ether oxygens (including phenoxy) is 1. The van der Waals surface area contributed by atoms with E-state index in [9.17, 15) is 0 Å². The zero-order chi connectivity index (χ0) is 10.7. The van der Waals surface area contributed by atoms with Crippen LogP contribution in [0.5, 0.6) is 0 Å². The number of nitrogens with one attached hydrogen (secondary N) is 1. The third-order valence-corrected chi connectivity index (χ3v) is 4.10. The third kappa shape index (κ3) is 3.18. The van der Waals surface area contributed by atoms with Gasteiger partial charge < -0.3 is 10.1 Å². The van der Waals surface area contributed by atoms with Crippen molar-refractivity contribution in [3.63, 3.8) is 0 Å². The molecule has 4 heteroatoms. The Morgan fingerprint density at radius 3 is 3.07 bits per heavy atom. The Bertz CT molecular complexity index is 315. The van der Waals surface area contributed by atoms with E-state index in [1.165, 1.54) is 11.3 Å². The van der Waals surface area contributed by atoms with Crippen molar-refractivity contribution in [2.24, 2.45) is 5.92 Å². The lowest BCUT2D eigenvalue weighted by Crippen LogP contribution is -2.26. The van der Waals surface area contributed by atoms with Crippen molar-refractivity contribution < 1.29 is 4.74 Å². The molecule has 0 saturated carbocycles. The topological polar surface area (TPSA) is 21.3 Å². The maximum absolute atomic E-state index is 5.86. The van der Waals surface area contributed by atoms with Crippen molar-refractivity contribution in [3.8, 4) is 0 Å². The van der Waals surface area contributed by atoms with Crippen LogP contribution in [0.25, 0.3) is 0 Å². The number of hydrogen-bond acceptors (Lipinski definition) is 3. The highest BCUT2D eigenvalue weighted by Gasteiger charge is 2.23. The van der Waals surface area contributed by atoms with Crippen LogP contribution in [0.15, 0.2) is 12.1 Å². The summed E-state index contributed by atoms with van der Waals surface area (Å²) in [7, 11) is 0. The third-order valence-electron chi connectivity index (χ3n) is 2.87. The summed E-state index contributed by atoms with van der Waals surface area (Å²) in [5.41, 5.74) is 0. The smallest absolute Gasteiger partial charge is 0.0931 e. The first-order valence-electron chi connectivity index (χ1n) is 5.32. The van der Waals surface area contributed by atoms with E-state index in [0.29, 0.717) is 12.0 Å². The van der Waals surface area contributed by atoms with Gasteiger partial charge in [0.2, 0.25) is 0 Å². The average Bonchev–Trinajstić information content (AvgIpc) is 2.77. The van der Waals surface area contributed by atoms with Crippen LogP contribution in [0.3, 0.4) is 0 Å². The van der Waals surface area contributed by atoms with Gasteiger partial charge >= 0.3 is 0 Å². The molecule has 1 aliphatic heterocycles. The van der Waals surface area contributed by atoms with Gasteiger partial charge in [-0.05, 0) is 31.4 Å². The molecule has 2 unspecified atom stereocenters. The van der Waals surface area contributed by atoms with E-state index in [1.807, 2.05) is 6.07 Å². The first-order chi connectivity index (χ1) is 7.25. The lowest BCUT2D eigenvalue weighted by atomic mass is 10.0. The molecule has 84 valence electrons. The Labute approximate surface area is 99.6 Å². The van der Waals surface area contributed by atoms with Crippen molar-refractivity contribution in [2.75, 3.05) is 13.2 Å². The summed E-state index contributed by atoms with van der Waals surface area (Å²) in [5.74, 6) is 0.667. The molecule has 2 atom stereocenters. The normalized spacial score (nSPS) is 26.0. The minimum atomic E-state index is 0.407. The van der Waals surface area contributed by atoms with Gasteiger partial charge in [0.15, 0.2) is 0 Å². The van der Waals surface area contributed by atoms with Gasteiger partial charge in [0, 0.05) is 24.6 Å². The lowest BCUT2D eigenvalue weighted by molar-refractivity contribution is 0.105. The Morgan fingerprint density at radius 2 is 2.47 bits per heavy atom. The monoisotopic (exact) mass is 245 g/mol. The molecular weight excluding hydrogens is 230 g/mol. The summed E-state index contributed by atoms with van der Waals surface area (Å²) in [6.07, 6.45) is 1.59. The standard InChI is InChI=1S/C11H16ClNOS/c1-8-9(4-5-14-8)6-13-7-10-2-3-11(12)15-10/h2-3,8-9,13H,4-7H2,1H3. The molecule has 0 bridgehead atoms. The van der Waals surface area contributed by atoms with Crippen molar-refractivity contribution in [2.45, 2.75) is 26.0 Å². The van der Waals surface area contributed by atoms with E-state index < -0.39 is 0 Å². The SMILES string of the molecule is CC1OCCC1CNCc1ccc(Cl)s1. The highest BCUT2D eigenvalue weighted by atomic mass is 35.5. The zero-order valence-corrected chi connectivity index (χ0v) is 10.4. The molecule has 15 heavy (non-hydrogen) atoms. The molecule has 0 amide bonds. The van der Waals surface area contributed by atoms with Crippen molar-refractivity contribution >= 4 is 22.9 Å². The maximum Gasteiger partial charge on any atom is 0.0931 e. The second-order valence-corrected chi connectivity index (χ2v) is 5.76. The molecule has 2 heterocycles. The van der Waals surface area contributed by atoms with Crippen LogP contribution in [0.4, 0.5) is 0 Å². The van der Waals surface area contributed by atoms with Gasteiger partial charge in [-0.15, -0.1) is 11.3 Å². The molecule has 1 aromatic heterocycles. The molecule has 2 rings (SSSR count). The molecule has 1 saturated heterocycles. The number of halogens is 1. The summed E-state index contributed by atoms with van der Waals surface area (Å²) in [4.78, 5) is 1.30. The predicted octanol–water partition coefficient (Wildman–Crippen LogP) is 2.92. The van der Waals surface area contributed by atoms with Crippen molar-refractivity contribution in [3.05, 3.63) is 21.3 Å². The van der Waals surface area contributed by atoms with Crippen LogP contribution in [-0.2, 0) is 11.3 Å². The summed E-state index contributed by atoms with van der Waals surface area (Å²) in [6, 6.07) is 4.03. The van der Waals surface area contributed by atoms with E-state index in [4.69, 9.17) is 16.3 Å². The molecule has 0 aromatic carbocycles. The summed E-state index contributed by atoms with van der Waals surface area (Å²) < 4.78 is 6.38. The van der Waals surface area contributed by atoms with Crippen molar-refractivity contribution in [1.29, 1.82) is 0 Å². The fourth-order valence-electron chi connectivity index (χ4n) is 1.87. The van der Waals surface area contributed by atoms with Gasteiger partial charge in [-0.1, -0.05) is 11.6 Å². The fourth-order valence-corrected chi connectivity index (χ4v) is 2.93. The highest BCUT2D eigenvalue weighted by Crippen LogP contribution is 2.22. The largest absolute Gasteiger partial charge is 0.378 e. The average molecular weight is 246 g/mol. The van der Waals surface area contributed by atoms with Crippen LogP contribution < -0.4 is 5.32 Å². The predicted molar refractivity (Wildman–Crippen MR) is 64.6 cm³/mol. The minimum absolute atomic E-state index is 0.407.